The molecule has 0 fully saturated rings. The largest absolute Gasteiger partial charge is 0.387 e. The zero-order valence-electron chi connectivity index (χ0n) is 12.1. The Labute approximate surface area is 117 Å². The van der Waals surface area contributed by atoms with Gasteiger partial charge in [-0.2, -0.15) is 0 Å². The van der Waals surface area contributed by atoms with Gasteiger partial charge in [0.25, 0.3) is 0 Å². The summed E-state index contributed by atoms with van der Waals surface area (Å²) in [6.45, 7) is 3.91. The number of unbranched alkanes of at least 4 members (excludes halogenated alkanes) is 3. The first kappa shape index (κ1) is 14.5. The summed E-state index contributed by atoms with van der Waals surface area (Å²) in [6.07, 6.45) is 8.39. The first-order valence-electron chi connectivity index (χ1n) is 7.81. The second kappa shape index (κ2) is 7.66. The van der Waals surface area contributed by atoms with Crippen molar-refractivity contribution in [2.24, 2.45) is 0 Å². The zero-order chi connectivity index (χ0) is 13.5. The van der Waals surface area contributed by atoms with Crippen LogP contribution in [0, 0.1) is 0 Å². The van der Waals surface area contributed by atoms with Crippen molar-refractivity contribution < 1.29 is 5.11 Å². The summed E-state index contributed by atoms with van der Waals surface area (Å²) in [6, 6.07) is 6.49. The van der Waals surface area contributed by atoms with Crippen molar-refractivity contribution in [3.63, 3.8) is 0 Å². The van der Waals surface area contributed by atoms with Gasteiger partial charge >= 0.3 is 0 Å². The number of fused-ring (bicyclic) bond motifs is 1. The van der Waals surface area contributed by atoms with Crippen LogP contribution in [-0.2, 0) is 12.8 Å². The molecule has 0 saturated heterocycles. The number of nitrogens with one attached hydrogen (secondary N) is 1. The smallest absolute Gasteiger partial charge is 0.0914 e. The highest BCUT2D eigenvalue weighted by Gasteiger charge is 2.14. The molecule has 1 aliphatic rings. The Kier molecular flexibility index (Phi) is 5.87. The Hall–Kier alpha value is -0.860. The first-order chi connectivity index (χ1) is 9.31. The van der Waals surface area contributed by atoms with E-state index in [4.69, 9.17) is 0 Å². The van der Waals surface area contributed by atoms with Crippen molar-refractivity contribution in [2.45, 2.75) is 58.0 Å². The minimum absolute atomic E-state index is 0.364. The highest BCUT2D eigenvalue weighted by molar-refractivity contribution is 5.36. The number of aliphatic hydroxyl groups excluding tert-OH is 1. The number of hydrogen-bond donors (Lipinski definition) is 2. The minimum atomic E-state index is -0.364. The standard InChI is InChI=1S/C17H27NO/c1-2-3-4-5-11-18-13-17(19)16-10-9-14-7-6-8-15(14)12-16/h9-10,12,17-19H,2-8,11,13H2,1H3. The van der Waals surface area contributed by atoms with Crippen LogP contribution in [0.4, 0.5) is 0 Å². The van der Waals surface area contributed by atoms with Crippen molar-refractivity contribution in [3.05, 3.63) is 34.9 Å². The number of aryl methyl sites for hydroxylation is 2. The molecule has 0 amide bonds. The predicted molar refractivity (Wildman–Crippen MR) is 80.4 cm³/mol. The van der Waals surface area contributed by atoms with Crippen molar-refractivity contribution in [1.82, 2.24) is 5.32 Å². The fraction of sp³-hybridized carbons (Fsp3) is 0.647. The Balaban J connectivity index is 1.72. The minimum Gasteiger partial charge on any atom is -0.387 e. The topological polar surface area (TPSA) is 32.3 Å². The van der Waals surface area contributed by atoms with Crippen LogP contribution in [0.15, 0.2) is 18.2 Å². The molecule has 2 nitrogen and oxygen atoms in total. The summed E-state index contributed by atoms with van der Waals surface area (Å²) < 4.78 is 0. The van der Waals surface area contributed by atoms with Crippen LogP contribution in [-0.4, -0.2) is 18.2 Å². The molecule has 2 heteroatoms. The SMILES string of the molecule is CCCCCCNCC(O)c1ccc2c(c1)CCC2. The number of benzene rings is 1. The lowest BCUT2D eigenvalue weighted by atomic mass is 10.0. The summed E-state index contributed by atoms with van der Waals surface area (Å²) in [4.78, 5) is 0. The van der Waals surface area contributed by atoms with Gasteiger partial charge in [0.2, 0.25) is 0 Å². The van der Waals surface area contributed by atoms with E-state index in [1.54, 1.807) is 0 Å². The monoisotopic (exact) mass is 261 g/mol. The maximum absolute atomic E-state index is 10.2. The van der Waals surface area contributed by atoms with Crippen molar-refractivity contribution >= 4 is 0 Å². The van der Waals surface area contributed by atoms with Gasteiger partial charge in [-0.3, -0.25) is 0 Å². The van der Waals surface area contributed by atoms with Crippen LogP contribution >= 0.6 is 0 Å². The summed E-state index contributed by atoms with van der Waals surface area (Å²) in [7, 11) is 0. The molecule has 0 saturated carbocycles. The molecule has 2 N–H and O–H groups in total. The maximum atomic E-state index is 10.2. The van der Waals surface area contributed by atoms with E-state index in [-0.39, 0.29) is 6.10 Å². The summed E-state index contributed by atoms with van der Waals surface area (Å²) in [5.74, 6) is 0. The summed E-state index contributed by atoms with van der Waals surface area (Å²) in [5, 5.41) is 13.6. The molecule has 0 heterocycles. The summed E-state index contributed by atoms with van der Waals surface area (Å²) >= 11 is 0. The van der Waals surface area contributed by atoms with Gasteiger partial charge in [-0.05, 0) is 48.9 Å². The predicted octanol–water partition coefficient (Wildman–Crippen LogP) is 3.38. The van der Waals surface area contributed by atoms with E-state index < -0.39 is 0 Å². The molecule has 106 valence electrons. The molecular formula is C17H27NO. The van der Waals surface area contributed by atoms with E-state index in [1.807, 2.05) is 0 Å². The average Bonchev–Trinajstić information content (AvgIpc) is 2.89. The zero-order valence-corrected chi connectivity index (χ0v) is 12.1. The van der Waals surface area contributed by atoms with Gasteiger partial charge in [-0.25, -0.2) is 0 Å². The first-order valence-corrected chi connectivity index (χ1v) is 7.81. The normalized spacial score (nSPS) is 15.5. The van der Waals surface area contributed by atoms with Gasteiger partial charge in [-0.1, -0.05) is 44.4 Å². The van der Waals surface area contributed by atoms with Crippen LogP contribution in [0.2, 0.25) is 0 Å². The van der Waals surface area contributed by atoms with Crippen LogP contribution in [0.5, 0.6) is 0 Å². The van der Waals surface area contributed by atoms with Crippen LogP contribution in [0.1, 0.15) is 61.8 Å². The molecular weight excluding hydrogens is 234 g/mol. The van der Waals surface area contributed by atoms with Crippen molar-refractivity contribution in [1.29, 1.82) is 0 Å². The molecule has 1 aromatic carbocycles. The van der Waals surface area contributed by atoms with Gasteiger partial charge in [0.1, 0.15) is 0 Å². The Morgan fingerprint density at radius 1 is 1.16 bits per heavy atom. The lowest BCUT2D eigenvalue weighted by molar-refractivity contribution is 0.174. The molecule has 0 bridgehead atoms. The van der Waals surface area contributed by atoms with Gasteiger partial charge < -0.3 is 10.4 Å². The van der Waals surface area contributed by atoms with E-state index >= 15 is 0 Å². The molecule has 1 aromatic rings. The molecule has 0 aromatic heterocycles. The van der Waals surface area contributed by atoms with E-state index in [0.717, 1.165) is 12.1 Å². The molecule has 19 heavy (non-hydrogen) atoms. The van der Waals surface area contributed by atoms with Crippen LogP contribution in [0.3, 0.4) is 0 Å². The van der Waals surface area contributed by atoms with E-state index in [2.05, 4.69) is 30.4 Å². The van der Waals surface area contributed by atoms with E-state index in [1.165, 1.54) is 56.1 Å². The Bertz CT molecular complexity index is 389. The second-order valence-electron chi connectivity index (χ2n) is 5.66. The average molecular weight is 261 g/mol. The lowest BCUT2D eigenvalue weighted by Crippen LogP contribution is -2.22. The van der Waals surface area contributed by atoms with Crippen LogP contribution in [0.25, 0.3) is 0 Å². The fourth-order valence-electron chi connectivity index (χ4n) is 2.83. The fourth-order valence-corrected chi connectivity index (χ4v) is 2.83. The molecule has 0 spiro atoms. The molecule has 1 atom stereocenters. The van der Waals surface area contributed by atoms with E-state index in [0.29, 0.717) is 6.54 Å². The molecule has 2 rings (SSSR count). The highest BCUT2D eigenvalue weighted by Crippen LogP contribution is 2.25. The third kappa shape index (κ3) is 4.32. The second-order valence-corrected chi connectivity index (χ2v) is 5.66. The van der Waals surface area contributed by atoms with Crippen molar-refractivity contribution in [2.75, 3.05) is 13.1 Å². The van der Waals surface area contributed by atoms with Gasteiger partial charge in [0.05, 0.1) is 6.10 Å². The number of hydrogen-bond acceptors (Lipinski definition) is 2. The third-order valence-corrected chi connectivity index (χ3v) is 4.05. The maximum Gasteiger partial charge on any atom is 0.0914 e. The van der Waals surface area contributed by atoms with Gasteiger partial charge in [-0.15, -0.1) is 0 Å². The van der Waals surface area contributed by atoms with Gasteiger partial charge in [0.15, 0.2) is 0 Å². The number of aliphatic hydroxyl groups is 1. The van der Waals surface area contributed by atoms with Gasteiger partial charge in [0, 0.05) is 6.54 Å². The molecule has 1 unspecified atom stereocenters. The third-order valence-electron chi connectivity index (χ3n) is 4.05. The molecule has 0 radical (unpaired) electrons. The summed E-state index contributed by atoms with van der Waals surface area (Å²) in [5.41, 5.74) is 3.99. The lowest BCUT2D eigenvalue weighted by Gasteiger charge is -2.13. The Morgan fingerprint density at radius 2 is 2.00 bits per heavy atom. The van der Waals surface area contributed by atoms with E-state index in [9.17, 15) is 5.11 Å². The Morgan fingerprint density at radius 3 is 2.84 bits per heavy atom. The van der Waals surface area contributed by atoms with Crippen molar-refractivity contribution in [3.8, 4) is 0 Å². The van der Waals surface area contributed by atoms with Crippen LogP contribution < -0.4 is 5.32 Å². The molecule has 1 aliphatic carbocycles. The molecule has 0 aliphatic heterocycles. The quantitative estimate of drug-likeness (QED) is 0.703. The highest BCUT2D eigenvalue weighted by atomic mass is 16.3. The number of rotatable bonds is 8.